The van der Waals surface area contributed by atoms with Crippen LogP contribution in [-0.2, 0) is 11.3 Å². The highest BCUT2D eigenvalue weighted by atomic mass is 16.5. The summed E-state index contributed by atoms with van der Waals surface area (Å²) in [6.07, 6.45) is 3.40. The van der Waals surface area contributed by atoms with E-state index in [2.05, 4.69) is 73.8 Å². The third-order valence-corrected chi connectivity index (χ3v) is 5.75. The van der Waals surface area contributed by atoms with Gasteiger partial charge in [0.2, 0.25) is 0 Å². The van der Waals surface area contributed by atoms with Crippen molar-refractivity contribution < 1.29 is 14.8 Å². The molecule has 0 aliphatic carbocycles. The van der Waals surface area contributed by atoms with Gasteiger partial charge in [0.05, 0.1) is 19.3 Å². The van der Waals surface area contributed by atoms with Gasteiger partial charge in [0.25, 0.3) is 0 Å². The molecule has 2 aromatic carbocycles. The Balaban J connectivity index is 1.69. The van der Waals surface area contributed by atoms with E-state index < -0.39 is 0 Å². The van der Waals surface area contributed by atoms with Crippen molar-refractivity contribution in [3.05, 3.63) is 65.7 Å². The van der Waals surface area contributed by atoms with Crippen molar-refractivity contribution >= 4 is 0 Å². The molecule has 1 saturated heterocycles. The van der Waals surface area contributed by atoms with Crippen molar-refractivity contribution in [2.24, 2.45) is 5.92 Å². The number of hydrogen-bond donors (Lipinski definition) is 1. The van der Waals surface area contributed by atoms with Gasteiger partial charge >= 0.3 is 0 Å². The Morgan fingerprint density at radius 2 is 1.85 bits per heavy atom. The molecule has 0 unspecified atom stereocenters. The van der Waals surface area contributed by atoms with Crippen LogP contribution in [0.25, 0.3) is 0 Å². The maximum absolute atomic E-state index is 5.98. The highest BCUT2D eigenvalue weighted by molar-refractivity contribution is 5.36. The van der Waals surface area contributed by atoms with E-state index in [0.29, 0.717) is 11.8 Å². The molecule has 2 aromatic rings. The monoisotopic (exact) mass is 368 g/mol. The first-order valence-electron chi connectivity index (χ1n) is 10.2. The van der Waals surface area contributed by atoms with E-state index in [1.54, 1.807) is 7.11 Å². The van der Waals surface area contributed by atoms with Crippen LogP contribution in [0.3, 0.4) is 0 Å². The van der Waals surface area contributed by atoms with Gasteiger partial charge in [-0.05, 0) is 50.2 Å². The lowest BCUT2D eigenvalue weighted by molar-refractivity contribution is -0.671. The molecule has 2 atom stereocenters. The third kappa shape index (κ3) is 5.57. The predicted octanol–water partition coefficient (Wildman–Crippen LogP) is 4.14. The van der Waals surface area contributed by atoms with Crippen LogP contribution < -0.4 is 10.1 Å². The zero-order valence-corrected chi connectivity index (χ0v) is 17.0. The Labute approximate surface area is 164 Å². The summed E-state index contributed by atoms with van der Waals surface area (Å²) in [4.78, 5) is 0. The van der Waals surface area contributed by atoms with Crippen molar-refractivity contribution in [1.82, 2.24) is 0 Å². The number of methoxy groups -OCH3 is 1. The molecule has 0 radical (unpaired) electrons. The largest absolute Gasteiger partial charge is 0.496 e. The zero-order valence-electron chi connectivity index (χ0n) is 17.0. The van der Waals surface area contributed by atoms with Crippen LogP contribution in [0.1, 0.15) is 50.2 Å². The molecular weight excluding hydrogens is 334 g/mol. The van der Waals surface area contributed by atoms with Gasteiger partial charge in [-0.2, -0.15) is 0 Å². The quantitative estimate of drug-likeness (QED) is 0.711. The second-order valence-electron chi connectivity index (χ2n) is 8.27. The number of para-hydroxylation sites is 1. The smallest absolute Gasteiger partial charge is 0.122 e. The fraction of sp³-hybridized carbons (Fsp3) is 0.500. The average Bonchev–Trinajstić information content (AvgIpc) is 2.68. The van der Waals surface area contributed by atoms with E-state index in [4.69, 9.17) is 9.47 Å². The molecule has 1 aliphatic rings. The SMILES string of the molecule is COc1ccccc1[C@H](CC[NH2+]Cc1ccccc1)[C@@H]1CCOC(C)(C)C1. The van der Waals surface area contributed by atoms with E-state index in [1.807, 2.05) is 0 Å². The summed E-state index contributed by atoms with van der Waals surface area (Å²) in [5.74, 6) is 2.17. The van der Waals surface area contributed by atoms with Gasteiger partial charge in [0.15, 0.2) is 0 Å². The first-order chi connectivity index (χ1) is 13.1. The van der Waals surface area contributed by atoms with Crippen molar-refractivity contribution in [3.63, 3.8) is 0 Å². The molecule has 0 saturated carbocycles. The number of nitrogens with two attached hydrogens (primary N) is 1. The third-order valence-electron chi connectivity index (χ3n) is 5.75. The van der Waals surface area contributed by atoms with Crippen LogP contribution in [0.15, 0.2) is 54.6 Å². The Morgan fingerprint density at radius 1 is 1.11 bits per heavy atom. The van der Waals surface area contributed by atoms with Crippen LogP contribution in [-0.4, -0.2) is 25.9 Å². The number of quaternary nitrogens is 1. The second-order valence-corrected chi connectivity index (χ2v) is 8.27. The Hall–Kier alpha value is -1.84. The summed E-state index contributed by atoms with van der Waals surface area (Å²) in [6, 6.07) is 19.3. The zero-order chi connectivity index (χ0) is 19.1. The lowest BCUT2D eigenvalue weighted by atomic mass is 9.75. The van der Waals surface area contributed by atoms with Crippen molar-refractivity contribution in [2.75, 3.05) is 20.3 Å². The number of ether oxygens (including phenoxy) is 2. The van der Waals surface area contributed by atoms with E-state index in [1.165, 1.54) is 11.1 Å². The molecule has 3 nitrogen and oxygen atoms in total. The van der Waals surface area contributed by atoms with Crippen LogP contribution in [0.5, 0.6) is 5.75 Å². The summed E-state index contributed by atoms with van der Waals surface area (Å²) in [5.41, 5.74) is 2.71. The standard InChI is InChI=1S/C24H33NO2/c1-24(2)17-20(14-16-27-24)21(22-11-7-8-12-23(22)26-3)13-15-25-18-19-9-5-4-6-10-19/h4-12,20-21,25H,13-18H2,1-3H3/p+1/t20-,21-/m1/s1. The lowest BCUT2D eigenvalue weighted by Crippen LogP contribution is -2.82. The number of benzene rings is 2. The molecule has 1 heterocycles. The molecule has 3 heteroatoms. The minimum atomic E-state index is -0.0308. The van der Waals surface area contributed by atoms with Gasteiger partial charge in [0, 0.05) is 18.6 Å². The lowest BCUT2D eigenvalue weighted by Gasteiger charge is -2.39. The summed E-state index contributed by atoms with van der Waals surface area (Å²) in [5, 5.41) is 2.43. The Kier molecular flexibility index (Phi) is 6.92. The van der Waals surface area contributed by atoms with Gasteiger partial charge in [-0.1, -0.05) is 48.5 Å². The molecule has 0 aromatic heterocycles. The maximum Gasteiger partial charge on any atom is 0.122 e. The fourth-order valence-corrected chi connectivity index (χ4v) is 4.42. The Morgan fingerprint density at radius 3 is 2.59 bits per heavy atom. The maximum atomic E-state index is 5.98. The molecule has 1 aliphatic heterocycles. The molecule has 27 heavy (non-hydrogen) atoms. The van der Waals surface area contributed by atoms with Gasteiger partial charge in [0.1, 0.15) is 12.3 Å². The molecule has 3 rings (SSSR count). The molecule has 0 amide bonds. The van der Waals surface area contributed by atoms with Crippen molar-refractivity contribution in [3.8, 4) is 5.75 Å². The number of hydrogen-bond acceptors (Lipinski definition) is 2. The average molecular weight is 369 g/mol. The van der Waals surface area contributed by atoms with Crippen molar-refractivity contribution in [2.45, 2.75) is 51.2 Å². The topological polar surface area (TPSA) is 35.1 Å². The number of rotatable bonds is 8. The minimum absolute atomic E-state index is 0.0308. The molecule has 146 valence electrons. The molecule has 0 spiro atoms. The van der Waals surface area contributed by atoms with Crippen LogP contribution >= 0.6 is 0 Å². The summed E-state index contributed by atoms with van der Waals surface area (Å²) in [7, 11) is 1.78. The fourth-order valence-electron chi connectivity index (χ4n) is 4.42. The van der Waals surface area contributed by atoms with E-state index in [9.17, 15) is 0 Å². The van der Waals surface area contributed by atoms with E-state index in [0.717, 1.165) is 44.7 Å². The predicted molar refractivity (Wildman–Crippen MR) is 110 cm³/mol. The Bertz CT molecular complexity index is 699. The van der Waals surface area contributed by atoms with E-state index in [-0.39, 0.29) is 5.60 Å². The van der Waals surface area contributed by atoms with E-state index >= 15 is 0 Å². The van der Waals surface area contributed by atoms with Gasteiger partial charge in [-0.3, -0.25) is 0 Å². The second kappa shape index (κ2) is 9.38. The normalized spacial score (nSPS) is 20.2. The van der Waals surface area contributed by atoms with Gasteiger partial charge < -0.3 is 14.8 Å². The molecular formula is C24H34NO2+. The molecule has 1 fully saturated rings. The summed E-state index contributed by atoms with van der Waals surface area (Å²) in [6.45, 7) is 7.46. The van der Waals surface area contributed by atoms with Crippen LogP contribution in [0.4, 0.5) is 0 Å². The first kappa shape index (κ1) is 19.9. The highest BCUT2D eigenvalue weighted by Crippen LogP contribution is 2.42. The van der Waals surface area contributed by atoms with Crippen LogP contribution in [0, 0.1) is 5.92 Å². The molecule has 2 N–H and O–H groups in total. The summed E-state index contributed by atoms with van der Waals surface area (Å²) >= 11 is 0. The minimum Gasteiger partial charge on any atom is -0.496 e. The first-order valence-corrected chi connectivity index (χ1v) is 10.2. The highest BCUT2D eigenvalue weighted by Gasteiger charge is 2.35. The van der Waals surface area contributed by atoms with Crippen LogP contribution in [0.2, 0.25) is 0 Å². The van der Waals surface area contributed by atoms with Crippen molar-refractivity contribution in [1.29, 1.82) is 0 Å². The van der Waals surface area contributed by atoms with Gasteiger partial charge in [-0.15, -0.1) is 0 Å². The summed E-state index contributed by atoms with van der Waals surface area (Å²) < 4.78 is 11.7. The molecule has 0 bridgehead atoms. The van der Waals surface area contributed by atoms with Gasteiger partial charge in [-0.25, -0.2) is 0 Å².